The molecule has 2 aromatic heterocycles. The number of aromatic nitrogens is 3. The fourth-order valence-corrected chi connectivity index (χ4v) is 6.97. The van der Waals surface area contributed by atoms with E-state index in [0.29, 0.717) is 27.2 Å². The first-order valence-corrected chi connectivity index (χ1v) is 16.2. The summed E-state index contributed by atoms with van der Waals surface area (Å²) >= 11 is 6.12. The second-order valence-electron chi connectivity index (χ2n) is 11.2. The van der Waals surface area contributed by atoms with E-state index in [1.165, 1.54) is 12.1 Å². The topological polar surface area (TPSA) is 115 Å². The molecule has 43 heavy (non-hydrogen) atoms. The molecule has 8 nitrogen and oxygen atoms in total. The number of halogens is 3. The van der Waals surface area contributed by atoms with Crippen molar-refractivity contribution in [2.45, 2.75) is 63.9 Å². The highest BCUT2D eigenvalue weighted by Gasteiger charge is 2.25. The number of pyridine rings is 1. The molecule has 0 radical (unpaired) electrons. The van der Waals surface area contributed by atoms with Gasteiger partial charge in [-0.15, -0.1) is 0 Å². The summed E-state index contributed by atoms with van der Waals surface area (Å²) < 4.78 is 58.2. The molecule has 0 saturated carbocycles. The summed E-state index contributed by atoms with van der Waals surface area (Å²) in [6, 6.07) is 10.8. The van der Waals surface area contributed by atoms with Crippen LogP contribution in [-0.2, 0) is 15.8 Å². The highest BCUT2D eigenvalue weighted by Crippen LogP contribution is 2.39. The molecule has 0 bridgehead atoms. The maximum Gasteiger partial charge on any atom is 0.237 e. The molecule has 12 heteroatoms. The number of sulfonamides is 1. The van der Waals surface area contributed by atoms with Gasteiger partial charge in [0.25, 0.3) is 0 Å². The zero-order valence-corrected chi connectivity index (χ0v) is 25.8. The number of fused-ring (bicyclic) bond motifs is 1. The molecular weight excluding hydrogens is 594 g/mol. The number of nitrogens with two attached hydrogens (primary N) is 1. The zero-order chi connectivity index (χ0) is 30.9. The number of alkyl halides is 1. The van der Waals surface area contributed by atoms with Gasteiger partial charge in [-0.05, 0) is 69.4 Å². The molecule has 1 aliphatic rings. The third-order valence-electron chi connectivity index (χ3n) is 7.56. The second kappa shape index (κ2) is 12.6. The van der Waals surface area contributed by atoms with Gasteiger partial charge in [0.1, 0.15) is 24.0 Å². The van der Waals surface area contributed by atoms with Crippen molar-refractivity contribution in [2.24, 2.45) is 0 Å². The smallest absolute Gasteiger partial charge is 0.237 e. The molecule has 2 unspecified atom stereocenters. The van der Waals surface area contributed by atoms with Gasteiger partial charge in [-0.25, -0.2) is 22.2 Å². The van der Waals surface area contributed by atoms with Crippen LogP contribution in [0, 0.1) is 5.82 Å². The van der Waals surface area contributed by atoms with Crippen molar-refractivity contribution in [1.29, 1.82) is 0 Å². The van der Waals surface area contributed by atoms with Gasteiger partial charge >= 0.3 is 0 Å². The first-order valence-electron chi connectivity index (χ1n) is 14.2. The summed E-state index contributed by atoms with van der Waals surface area (Å²) in [5.41, 5.74) is 10.3. The lowest BCUT2D eigenvalue weighted by atomic mass is 9.90. The SMILES string of the molecule is CC(CF)NC1CC=C(c2cnc(N)c3c(-c4ccc(NS(=O)(=O)Cc5ccccc5Cl)c(F)c4)nn(C(C)C)c23)CC1. The molecule has 0 spiro atoms. The van der Waals surface area contributed by atoms with Gasteiger partial charge in [-0.1, -0.05) is 41.9 Å². The van der Waals surface area contributed by atoms with Crippen LogP contribution in [0.15, 0.2) is 54.7 Å². The van der Waals surface area contributed by atoms with E-state index >= 15 is 4.39 Å². The molecular formula is C31H35ClF2N6O2S. The minimum Gasteiger partial charge on any atom is -0.383 e. The fourth-order valence-electron chi connectivity index (χ4n) is 5.45. The zero-order valence-electron chi connectivity index (χ0n) is 24.2. The van der Waals surface area contributed by atoms with Gasteiger partial charge in [-0.3, -0.25) is 9.40 Å². The van der Waals surface area contributed by atoms with E-state index < -0.39 is 28.3 Å². The van der Waals surface area contributed by atoms with Crippen LogP contribution in [0.1, 0.15) is 57.2 Å². The molecule has 228 valence electrons. The largest absolute Gasteiger partial charge is 0.383 e. The van der Waals surface area contributed by atoms with E-state index in [1.807, 2.05) is 25.5 Å². The number of nitrogens with one attached hydrogen (secondary N) is 2. The van der Waals surface area contributed by atoms with Gasteiger partial charge < -0.3 is 11.1 Å². The molecule has 0 fully saturated rings. The van der Waals surface area contributed by atoms with Gasteiger partial charge in [0.15, 0.2) is 0 Å². The summed E-state index contributed by atoms with van der Waals surface area (Å²) in [5.74, 6) is -0.895. The van der Waals surface area contributed by atoms with Crippen molar-refractivity contribution in [3.05, 3.63) is 76.7 Å². The Morgan fingerprint density at radius 2 is 1.95 bits per heavy atom. The van der Waals surface area contributed by atoms with Gasteiger partial charge in [0.2, 0.25) is 10.0 Å². The number of hydrogen-bond acceptors (Lipinski definition) is 6. The second-order valence-corrected chi connectivity index (χ2v) is 13.4. The Labute approximate surface area is 255 Å². The van der Waals surface area contributed by atoms with Crippen molar-refractivity contribution >= 4 is 49.6 Å². The van der Waals surface area contributed by atoms with E-state index in [1.54, 1.807) is 36.5 Å². The van der Waals surface area contributed by atoms with Crippen LogP contribution < -0.4 is 15.8 Å². The first kappa shape index (κ1) is 30.9. The Hall–Kier alpha value is -3.54. The highest BCUT2D eigenvalue weighted by atomic mass is 35.5. The summed E-state index contributed by atoms with van der Waals surface area (Å²) in [5, 5.41) is 9.09. The lowest BCUT2D eigenvalue weighted by molar-refractivity contribution is 0.347. The lowest BCUT2D eigenvalue weighted by Gasteiger charge is -2.26. The predicted molar refractivity (Wildman–Crippen MR) is 170 cm³/mol. The van der Waals surface area contributed by atoms with E-state index in [2.05, 4.69) is 21.1 Å². The van der Waals surface area contributed by atoms with Crippen molar-refractivity contribution in [2.75, 3.05) is 17.1 Å². The number of allylic oxidation sites excluding steroid dienone is 1. The number of rotatable bonds is 10. The van der Waals surface area contributed by atoms with Crippen molar-refractivity contribution in [3.63, 3.8) is 0 Å². The Morgan fingerprint density at radius 1 is 1.19 bits per heavy atom. The highest BCUT2D eigenvalue weighted by molar-refractivity contribution is 7.91. The van der Waals surface area contributed by atoms with Crippen molar-refractivity contribution in [1.82, 2.24) is 20.1 Å². The first-order chi connectivity index (χ1) is 20.5. The summed E-state index contributed by atoms with van der Waals surface area (Å²) in [4.78, 5) is 4.48. The quantitative estimate of drug-likeness (QED) is 0.176. The molecule has 5 rings (SSSR count). The molecule has 1 aliphatic carbocycles. The molecule has 2 atom stereocenters. The maximum atomic E-state index is 15.4. The number of benzene rings is 2. The third-order valence-corrected chi connectivity index (χ3v) is 9.15. The average Bonchev–Trinajstić information content (AvgIpc) is 3.38. The van der Waals surface area contributed by atoms with E-state index in [-0.39, 0.29) is 29.6 Å². The Balaban J connectivity index is 1.49. The van der Waals surface area contributed by atoms with E-state index in [9.17, 15) is 12.8 Å². The molecule has 0 amide bonds. The summed E-state index contributed by atoms with van der Waals surface area (Å²) in [7, 11) is -3.94. The minimum atomic E-state index is -3.94. The maximum absolute atomic E-state index is 15.4. The number of nitrogens with zero attached hydrogens (tertiary/aromatic N) is 3. The monoisotopic (exact) mass is 628 g/mol. The molecule has 2 aromatic carbocycles. The molecule has 4 N–H and O–H groups in total. The molecule has 0 aliphatic heterocycles. The van der Waals surface area contributed by atoms with Crippen LogP contribution in [0.5, 0.6) is 0 Å². The van der Waals surface area contributed by atoms with Gasteiger partial charge in [-0.2, -0.15) is 5.10 Å². The van der Waals surface area contributed by atoms with Crippen LogP contribution >= 0.6 is 11.6 Å². The molecule has 0 saturated heterocycles. The molecule has 2 heterocycles. The van der Waals surface area contributed by atoms with Crippen molar-refractivity contribution < 1.29 is 17.2 Å². The van der Waals surface area contributed by atoms with Crippen LogP contribution in [0.2, 0.25) is 5.02 Å². The number of anilines is 2. The summed E-state index contributed by atoms with van der Waals surface area (Å²) in [6.45, 7) is 5.42. The van der Waals surface area contributed by atoms with Crippen LogP contribution in [0.4, 0.5) is 20.3 Å². The summed E-state index contributed by atoms with van der Waals surface area (Å²) in [6.07, 6.45) is 6.28. The number of hydrogen-bond donors (Lipinski definition) is 3. The Bertz CT molecular complexity index is 1790. The third kappa shape index (κ3) is 6.68. The van der Waals surface area contributed by atoms with Gasteiger partial charge in [0, 0.05) is 40.5 Å². The van der Waals surface area contributed by atoms with Crippen LogP contribution in [0.3, 0.4) is 0 Å². The van der Waals surface area contributed by atoms with Crippen molar-refractivity contribution in [3.8, 4) is 11.3 Å². The fraction of sp³-hybridized carbons (Fsp3) is 0.355. The van der Waals surface area contributed by atoms with Gasteiger partial charge in [0.05, 0.1) is 22.3 Å². The van der Waals surface area contributed by atoms with E-state index in [0.717, 1.165) is 35.9 Å². The van der Waals surface area contributed by atoms with Crippen LogP contribution in [-0.4, -0.2) is 41.9 Å². The van der Waals surface area contributed by atoms with Crippen LogP contribution in [0.25, 0.3) is 27.7 Å². The Morgan fingerprint density at radius 3 is 2.60 bits per heavy atom. The van der Waals surface area contributed by atoms with E-state index in [4.69, 9.17) is 22.4 Å². The standard InChI is InChI=1S/C31H35ClF2N6O2S/c1-18(2)40-30-24(20-8-11-23(12-9-20)37-19(3)15-33)16-36-31(35)28(30)29(38-40)21-10-13-27(26(34)14-21)39-43(41,42)17-22-6-4-5-7-25(22)32/h4-8,10,13-14,16,18-19,23,37,39H,9,11-12,15,17H2,1-3H3,(H2,35,36). The Kier molecular flexibility index (Phi) is 9.05. The predicted octanol–water partition coefficient (Wildman–Crippen LogP) is 6.88. The average molecular weight is 629 g/mol. The lowest BCUT2D eigenvalue weighted by Crippen LogP contribution is -2.38. The molecule has 4 aromatic rings. The number of nitrogen functional groups attached to an aromatic ring is 1. The minimum absolute atomic E-state index is 0.0402. The normalized spacial score (nSPS) is 16.4.